The summed E-state index contributed by atoms with van der Waals surface area (Å²) < 4.78 is 21.1. The number of methoxy groups -OCH3 is 1. The summed E-state index contributed by atoms with van der Waals surface area (Å²) >= 11 is 6.97. The van der Waals surface area contributed by atoms with E-state index in [2.05, 4.69) is 16.0 Å². The zero-order chi connectivity index (χ0) is 32.4. The molecule has 10 nitrogen and oxygen atoms in total. The maximum Gasteiger partial charge on any atom is 0.326 e. The smallest absolute Gasteiger partial charge is 0.326 e. The summed E-state index contributed by atoms with van der Waals surface area (Å²) in [6.45, 7) is 2.54. The van der Waals surface area contributed by atoms with Gasteiger partial charge in [-0.2, -0.15) is 0 Å². The molecule has 236 valence electrons. The van der Waals surface area contributed by atoms with Gasteiger partial charge in [-0.1, -0.05) is 41.9 Å². The van der Waals surface area contributed by atoms with Gasteiger partial charge in [-0.15, -0.1) is 0 Å². The van der Waals surface area contributed by atoms with Crippen molar-refractivity contribution >= 4 is 41.0 Å². The van der Waals surface area contributed by atoms with Crippen molar-refractivity contribution in [1.29, 1.82) is 0 Å². The highest BCUT2D eigenvalue weighted by atomic mass is 35.5. The first-order valence-electron chi connectivity index (χ1n) is 14.6. The van der Waals surface area contributed by atoms with E-state index in [1.807, 2.05) is 25.1 Å². The molecule has 0 aliphatic carbocycles. The van der Waals surface area contributed by atoms with E-state index in [-0.39, 0.29) is 25.0 Å². The van der Waals surface area contributed by atoms with E-state index >= 15 is 4.39 Å². The highest BCUT2D eigenvalue weighted by molar-refractivity contribution is 6.36. The van der Waals surface area contributed by atoms with Crippen molar-refractivity contribution in [2.24, 2.45) is 5.92 Å². The number of halogens is 2. The first-order valence-corrected chi connectivity index (χ1v) is 15.0. The van der Waals surface area contributed by atoms with Crippen LogP contribution in [0.5, 0.6) is 5.75 Å². The topological polar surface area (TPSA) is 120 Å². The number of nitrogens with zero attached hydrogens (tertiary/aromatic N) is 2. The Labute approximate surface area is 265 Å². The van der Waals surface area contributed by atoms with Crippen LogP contribution < -0.4 is 20.7 Å². The van der Waals surface area contributed by atoms with Gasteiger partial charge >= 0.3 is 6.03 Å². The number of carbonyl (C=O) groups excluding carboxylic acids is 4. The second-order valence-electron chi connectivity index (χ2n) is 11.3. The second-order valence-corrected chi connectivity index (χ2v) is 11.7. The number of piperidine rings is 1. The van der Waals surface area contributed by atoms with E-state index in [9.17, 15) is 19.2 Å². The van der Waals surface area contributed by atoms with E-state index in [0.717, 1.165) is 16.0 Å². The van der Waals surface area contributed by atoms with Crippen molar-refractivity contribution in [2.75, 3.05) is 39.6 Å². The van der Waals surface area contributed by atoms with Crippen LogP contribution in [-0.4, -0.2) is 73.9 Å². The highest BCUT2D eigenvalue weighted by Crippen LogP contribution is 2.41. The molecule has 3 aromatic carbocycles. The van der Waals surface area contributed by atoms with Crippen LogP contribution in [0, 0.1) is 18.7 Å². The summed E-state index contributed by atoms with van der Waals surface area (Å²) in [7, 11) is 4.38. The molecule has 0 aromatic heterocycles. The lowest BCUT2D eigenvalue weighted by molar-refractivity contribution is -0.140. The van der Waals surface area contributed by atoms with Crippen LogP contribution in [0.4, 0.5) is 14.9 Å². The summed E-state index contributed by atoms with van der Waals surface area (Å²) in [6, 6.07) is 13.6. The Hall–Kier alpha value is -4.48. The summed E-state index contributed by atoms with van der Waals surface area (Å²) in [6.07, 6.45) is 1.10. The molecule has 5 rings (SSSR count). The van der Waals surface area contributed by atoms with Crippen molar-refractivity contribution in [3.8, 4) is 28.0 Å². The van der Waals surface area contributed by atoms with E-state index in [0.29, 0.717) is 58.1 Å². The average Bonchev–Trinajstić information content (AvgIpc) is 3.03. The number of amides is 5. The zero-order valence-electron chi connectivity index (χ0n) is 25.5. The number of hydrogen-bond donors (Lipinski definition) is 3. The van der Waals surface area contributed by atoms with Gasteiger partial charge in [0.05, 0.1) is 12.1 Å². The highest BCUT2D eigenvalue weighted by Gasteiger charge is 2.39. The van der Waals surface area contributed by atoms with Crippen LogP contribution in [0.2, 0.25) is 5.02 Å². The number of carbonyl (C=O) groups is 4. The van der Waals surface area contributed by atoms with Crippen molar-refractivity contribution in [2.45, 2.75) is 32.4 Å². The summed E-state index contributed by atoms with van der Waals surface area (Å²) in [5.41, 5.74) is 4.13. The predicted molar refractivity (Wildman–Crippen MR) is 169 cm³/mol. The normalized spacial score (nSPS) is 18.6. The third-order valence-electron chi connectivity index (χ3n) is 8.41. The van der Waals surface area contributed by atoms with E-state index in [1.54, 1.807) is 24.3 Å². The molecule has 2 heterocycles. The molecule has 2 fully saturated rings. The minimum atomic E-state index is -1.04. The van der Waals surface area contributed by atoms with E-state index < -0.39 is 29.6 Å². The van der Waals surface area contributed by atoms with Crippen LogP contribution in [0.3, 0.4) is 0 Å². The van der Waals surface area contributed by atoms with Crippen LogP contribution in [0.25, 0.3) is 22.3 Å². The molecular weight excluding hydrogens is 601 g/mol. The Bertz CT molecular complexity index is 1670. The monoisotopic (exact) mass is 635 g/mol. The third kappa shape index (κ3) is 6.50. The Morgan fingerprint density at radius 2 is 1.80 bits per heavy atom. The maximum absolute atomic E-state index is 15.5. The molecule has 2 atom stereocenters. The fourth-order valence-electron chi connectivity index (χ4n) is 5.73. The van der Waals surface area contributed by atoms with Crippen LogP contribution in [0.15, 0.2) is 48.5 Å². The molecule has 45 heavy (non-hydrogen) atoms. The van der Waals surface area contributed by atoms with Crippen molar-refractivity contribution < 1.29 is 28.3 Å². The number of hydrogen-bond acceptors (Lipinski definition) is 6. The predicted octanol–water partition coefficient (Wildman–Crippen LogP) is 4.58. The van der Waals surface area contributed by atoms with E-state index in [1.165, 1.54) is 32.2 Å². The molecule has 5 amide bonds. The van der Waals surface area contributed by atoms with Gasteiger partial charge < -0.3 is 25.6 Å². The van der Waals surface area contributed by atoms with Gasteiger partial charge in [0.1, 0.15) is 17.5 Å². The molecule has 2 aliphatic heterocycles. The molecule has 2 saturated heterocycles. The van der Waals surface area contributed by atoms with Crippen LogP contribution in [0.1, 0.15) is 24.0 Å². The molecule has 0 radical (unpaired) electrons. The fourth-order valence-corrected chi connectivity index (χ4v) is 6.07. The van der Waals surface area contributed by atoms with Crippen LogP contribution >= 0.6 is 11.6 Å². The van der Waals surface area contributed by atoms with Gasteiger partial charge in [0, 0.05) is 68.6 Å². The average molecular weight is 636 g/mol. The number of rotatable bonds is 8. The number of urea groups is 1. The Morgan fingerprint density at radius 1 is 1.09 bits per heavy atom. The van der Waals surface area contributed by atoms with Gasteiger partial charge in [0.15, 0.2) is 0 Å². The SMILES string of the molecule is COc1cc(-c2cccc(-c3cccc(NC(=O)C4CN(C)C(=O)N(C)C4=O)c3C)c2Cl)cc(F)c1CN[C@@H]1CCC(=O)NC1. The van der Waals surface area contributed by atoms with Crippen molar-refractivity contribution in [3.05, 3.63) is 70.5 Å². The summed E-state index contributed by atoms with van der Waals surface area (Å²) in [5, 5.41) is 9.35. The lowest BCUT2D eigenvalue weighted by Gasteiger charge is -2.33. The number of imide groups is 1. The molecule has 0 bridgehead atoms. The first-order chi connectivity index (χ1) is 21.5. The minimum absolute atomic E-state index is 0.0164. The largest absolute Gasteiger partial charge is 0.496 e. The quantitative estimate of drug-likeness (QED) is 0.312. The number of anilines is 1. The number of ether oxygens (including phenoxy) is 1. The Morgan fingerprint density at radius 3 is 2.51 bits per heavy atom. The third-order valence-corrected chi connectivity index (χ3v) is 8.82. The van der Waals surface area contributed by atoms with Crippen LogP contribution in [-0.2, 0) is 20.9 Å². The molecule has 2 aliphatic rings. The number of nitrogens with one attached hydrogen (secondary N) is 3. The van der Waals surface area contributed by atoms with Gasteiger partial charge in [-0.3, -0.25) is 19.3 Å². The molecule has 1 unspecified atom stereocenters. The lowest BCUT2D eigenvalue weighted by atomic mass is 9.94. The Balaban J connectivity index is 1.40. The molecule has 12 heteroatoms. The second kappa shape index (κ2) is 13.3. The molecule has 0 spiro atoms. The standard InChI is InChI=1S/C33H35ClFN5O5/c1-18-21(7-6-10-27(18)38-31(42)25-17-39(2)33(44)40(3)32(25)43)23-9-5-8-22(30(23)34)19-13-26(35)24(28(14-19)45-4)16-36-20-11-12-29(41)37-15-20/h5-10,13-14,20,25,36H,11-12,15-17H2,1-4H3,(H,37,41)(H,38,42)/t20-,25?/m1/s1. The van der Waals surface area contributed by atoms with Crippen molar-refractivity contribution in [3.63, 3.8) is 0 Å². The minimum Gasteiger partial charge on any atom is -0.496 e. The Kier molecular flexibility index (Phi) is 9.40. The van der Waals surface area contributed by atoms with Gasteiger partial charge in [-0.25, -0.2) is 9.18 Å². The van der Waals surface area contributed by atoms with Gasteiger partial charge in [0.25, 0.3) is 0 Å². The summed E-state index contributed by atoms with van der Waals surface area (Å²) in [4.78, 5) is 51.7. The molecule has 3 N–H and O–H groups in total. The maximum atomic E-state index is 15.5. The van der Waals surface area contributed by atoms with Gasteiger partial charge in [0.2, 0.25) is 17.7 Å². The van der Waals surface area contributed by atoms with Crippen molar-refractivity contribution in [1.82, 2.24) is 20.4 Å². The molecule has 3 aromatic rings. The molecular formula is C33H35ClFN5O5. The summed E-state index contributed by atoms with van der Waals surface area (Å²) in [5.74, 6) is -2.19. The zero-order valence-corrected chi connectivity index (χ0v) is 26.3. The van der Waals surface area contributed by atoms with E-state index in [4.69, 9.17) is 16.3 Å². The number of benzene rings is 3. The fraction of sp³-hybridized carbons (Fsp3) is 0.333. The van der Waals surface area contributed by atoms with Gasteiger partial charge in [-0.05, 0) is 48.2 Å². The molecule has 0 saturated carbocycles. The lowest BCUT2D eigenvalue weighted by Crippen LogP contribution is -2.56. The first kappa shape index (κ1) is 31.9.